The molecule has 1 aliphatic rings. The molecule has 1 fully saturated rings. The van der Waals surface area contributed by atoms with Crippen molar-refractivity contribution in [2.24, 2.45) is 0 Å². The fraction of sp³-hybridized carbons (Fsp3) is 0.500. The van der Waals surface area contributed by atoms with E-state index in [2.05, 4.69) is 4.72 Å². The van der Waals surface area contributed by atoms with Crippen molar-refractivity contribution in [2.75, 3.05) is 18.0 Å². The number of carbonyl (C=O) groups is 1. The van der Waals surface area contributed by atoms with Gasteiger partial charge in [-0.3, -0.25) is 0 Å². The smallest absolute Gasteiger partial charge is 0.240 e. The van der Waals surface area contributed by atoms with Gasteiger partial charge in [0.15, 0.2) is 0 Å². The van der Waals surface area contributed by atoms with Crippen LogP contribution < -0.4 is 9.62 Å². The first-order chi connectivity index (χ1) is 9.58. The van der Waals surface area contributed by atoms with Crippen molar-refractivity contribution in [3.8, 4) is 0 Å². The third kappa shape index (κ3) is 3.19. The van der Waals surface area contributed by atoms with E-state index in [1.165, 1.54) is 0 Å². The van der Waals surface area contributed by atoms with Crippen LogP contribution in [0.4, 0.5) is 5.69 Å². The van der Waals surface area contributed by atoms with Crippen molar-refractivity contribution in [1.29, 1.82) is 0 Å². The van der Waals surface area contributed by atoms with E-state index in [1.54, 1.807) is 31.2 Å². The van der Waals surface area contributed by atoms with E-state index < -0.39 is 10.0 Å². The Balaban J connectivity index is 2.21. The molecule has 5 nitrogen and oxygen atoms in total. The van der Waals surface area contributed by atoms with E-state index in [0.29, 0.717) is 6.54 Å². The third-order valence-electron chi connectivity index (χ3n) is 3.52. The van der Waals surface area contributed by atoms with Gasteiger partial charge in [0, 0.05) is 18.8 Å². The quantitative estimate of drug-likeness (QED) is 0.837. The lowest BCUT2D eigenvalue weighted by molar-refractivity contribution is -0.109. The highest BCUT2D eigenvalue weighted by atomic mass is 32.2. The van der Waals surface area contributed by atoms with Gasteiger partial charge in [0.25, 0.3) is 0 Å². The summed E-state index contributed by atoms with van der Waals surface area (Å²) in [6, 6.07) is 6.62. The molecule has 1 atom stereocenters. The molecule has 0 saturated carbocycles. The zero-order chi connectivity index (χ0) is 14.6. The highest BCUT2D eigenvalue weighted by molar-refractivity contribution is 7.89. The van der Waals surface area contributed by atoms with E-state index in [4.69, 9.17) is 0 Å². The summed E-state index contributed by atoms with van der Waals surface area (Å²) < 4.78 is 26.2. The topological polar surface area (TPSA) is 66.5 Å². The molecular weight excluding hydrogens is 276 g/mol. The van der Waals surface area contributed by atoms with E-state index in [1.807, 2.05) is 4.90 Å². The molecule has 0 bridgehead atoms. The molecule has 1 heterocycles. The number of hydrogen-bond acceptors (Lipinski definition) is 4. The second-order valence-electron chi connectivity index (χ2n) is 4.89. The van der Waals surface area contributed by atoms with Crippen LogP contribution in [0.3, 0.4) is 0 Å². The molecule has 1 aliphatic heterocycles. The minimum absolute atomic E-state index is 0.0972. The third-order valence-corrected chi connectivity index (χ3v) is 5.08. The summed E-state index contributed by atoms with van der Waals surface area (Å²) in [6.45, 7) is 2.94. The molecule has 1 saturated heterocycles. The zero-order valence-corrected chi connectivity index (χ0v) is 12.4. The van der Waals surface area contributed by atoms with E-state index >= 15 is 0 Å². The Labute approximate surface area is 120 Å². The average Bonchev–Trinajstić information content (AvgIpc) is 2.47. The summed E-state index contributed by atoms with van der Waals surface area (Å²) in [5.41, 5.74) is 0.900. The highest BCUT2D eigenvalue weighted by Gasteiger charge is 2.22. The van der Waals surface area contributed by atoms with Gasteiger partial charge in [0.2, 0.25) is 10.0 Å². The number of carbonyl (C=O) groups excluding carboxylic acids is 1. The van der Waals surface area contributed by atoms with E-state index in [9.17, 15) is 13.2 Å². The lowest BCUT2D eigenvalue weighted by Gasteiger charge is -2.34. The van der Waals surface area contributed by atoms with Crippen molar-refractivity contribution in [1.82, 2.24) is 4.72 Å². The number of anilines is 1. The predicted molar refractivity (Wildman–Crippen MR) is 78.4 cm³/mol. The molecule has 1 aromatic carbocycles. The largest absolute Gasteiger partial charge is 0.362 e. The zero-order valence-electron chi connectivity index (χ0n) is 11.6. The van der Waals surface area contributed by atoms with Crippen LogP contribution in [-0.2, 0) is 14.8 Å². The Bertz CT molecular complexity index is 554. The molecule has 0 aliphatic carbocycles. The number of piperidine rings is 1. The van der Waals surface area contributed by atoms with Gasteiger partial charge >= 0.3 is 0 Å². The summed E-state index contributed by atoms with van der Waals surface area (Å²) in [5.74, 6) is 0. The molecular formula is C14H20N2O3S. The summed E-state index contributed by atoms with van der Waals surface area (Å²) in [5, 5.41) is 0. The predicted octanol–water partition coefficient (Wildman–Crippen LogP) is 1.54. The molecule has 20 heavy (non-hydrogen) atoms. The molecule has 1 N–H and O–H groups in total. The van der Waals surface area contributed by atoms with Crippen molar-refractivity contribution in [2.45, 2.75) is 37.1 Å². The van der Waals surface area contributed by atoms with Gasteiger partial charge in [-0.1, -0.05) is 6.92 Å². The molecule has 0 spiro atoms. The summed E-state index contributed by atoms with van der Waals surface area (Å²) in [7, 11) is -3.41. The van der Waals surface area contributed by atoms with Crippen LogP contribution in [0.1, 0.15) is 26.2 Å². The van der Waals surface area contributed by atoms with Gasteiger partial charge in [-0.15, -0.1) is 0 Å². The van der Waals surface area contributed by atoms with Crippen LogP contribution in [0.2, 0.25) is 0 Å². The Morgan fingerprint density at radius 1 is 1.30 bits per heavy atom. The molecule has 1 aromatic rings. The first kappa shape index (κ1) is 15.0. The first-order valence-corrected chi connectivity index (χ1v) is 8.38. The standard InChI is InChI=1S/C14H20N2O3S/c1-2-15-20(18,19)14-8-6-12(7-9-14)16-10-4-3-5-13(16)11-17/h6-9,11,13,15H,2-5,10H2,1H3. The fourth-order valence-electron chi connectivity index (χ4n) is 2.51. The van der Waals surface area contributed by atoms with Crippen LogP contribution >= 0.6 is 0 Å². The summed E-state index contributed by atoms with van der Waals surface area (Å²) >= 11 is 0. The van der Waals surface area contributed by atoms with Gasteiger partial charge in [-0.05, 0) is 43.5 Å². The average molecular weight is 296 g/mol. The number of nitrogens with zero attached hydrogens (tertiary/aromatic N) is 1. The van der Waals surface area contributed by atoms with Crippen LogP contribution in [0.5, 0.6) is 0 Å². The maximum Gasteiger partial charge on any atom is 0.240 e. The molecule has 6 heteroatoms. The van der Waals surface area contributed by atoms with Crippen molar-refractivity contribution in [3.63, 3.8) is 0 Å². The minimum Gasteiger partial charge on any atom is -0.362 e. The summed E-state index contributed by atoms with van der Waals surface area (Å²) in [6.07, 6.45) is 3.96. The molecule has 0 amide bonds. The second-order valence-corrected chi connectivity index (χ2v) is 6.65. The molecule has 0 radical (unpaired) electrons. The first-order valence-electron chi connectivity index (χ1n) is 6.90. The molecule has 0 aromatic heterocycles. The fourth-order valence-corrected chi connectivity index (χ4v) is 3.55. The van der Waals surface area contributed by atoms with Crippen molar-refractivity contribution in [3.05, 3.63) is 24.3 Å². The van der Waals surface area contributed by atoms with Crippen LogP contribution in [0.15, 0.2) is 29.2 Å². The minimum atomic E-state index is -3.41. The van der Waals surface area contributed by atoms with Crippen molar-refractivity contribution >= 4 is 22.0 Å². The Kier molecular flexibility index (Phi) is 4.77. The van der Waals surface area contributed by atoms with Gasteiger partial charge in [0.05, 0.1) is 10.9 Å². The second kappa shape index (κ2) is 6.37. The normalized spacial score (nSPS) is 19.9. The number of hydrogen-bond donors (Lipinski definition) is 1. The maximum absolute atomic E-state index is 11.9. The number of benzene rings is 1. The Morgan fingerprint density at radius 2 is 2.00 bits per heavy atom. The van der Waals surface area contributed by atoms with Gasteiger partial charge in [0.1, 0.15) is 6.29 Å². The SMILES string of the molecule is CCNS(=O)(=O)c1ccc(N2CCCCC2C=O)cc1. The lowest BCUT2D eigenvalue weighted by atomic mass is 10.0. The Hall–Kier alpha value is -1.40. The number of aldehydes is 1. The summed E-state index contributed by atoms with van der Waals surface area (Å²) in [4.78, 5) is 13.4. The van der Waals surface area contributed by atoms with Crippen LogP contribution in [0.25, 0.3) is 0 Å². The molecule has 2 rings (SSSR count). The van der Waals surface area contributed by atoms with E-state index in [-0.39, 0.29) is 10.9 Å². The Morgan fingerprint density at radius 3 is 2.60 bits per heavy atom. The number of rotatable bonds is 5. The highest BCUT2D eigenvalue weighted by Crippen LogP contribution is 2.25. The lowest BCUT2D eigenvalue weighted by Crippen LogP contribution is -2.40. The van der Waals surface area contributed by atoms with Crippen molar-refractivity contribution < 1.29 is 13.2 Å². The maximum atomic E-state index is 11.9. The number of sulfonamides is 1. The van der Waals surface area contributed by atoms with Gasteiger partial charge in [-0.25, -0.2) is 13.1 Å². The van der Waals surface area contributed by atoms with E-state index in [0.717, 1.165) is 37.8 Å². The monoisotopic (exact) mass is 296 g/mol. The van der Waals surface area contributed by atoms with Crippen LogP contribution in [-0.4, -0.2) is 33.8 Å². The number of nitrogens with one attached hydrogen (secondary N) is 1. The van der Waals surface area contributed by atoms with Gasteiger partial charge < -0.3 is 9.69 Å². The van der Waals surface area contributed by atoms with Crippen LogP contribution in [0, 0.1) is 0 Å². The van der Waals surface area contributed by atoms with Gasteiger partial charge in [-0.2, -0.15) is 0 Å². The molecule has 110 valence electrons. The molecule has 1 unspecified atom stereocenters.